The van der Waals surface area contributed by atoms with E-state index < -0.39 is 0 Å². The van der Waals surface area contributed by atoms with Gasteiger partial charge in [-0.05, 0) is 49.7 Å². The van der Waals surface area contributed by atoms with Crippen molar-refractivity contribution in [2.75, 3.05) is 0 Å². The highest BCUT2D eigenvalue weighted by Crippen LogP contribution is 2.29. The van der Waals surface area contributed by atoms with Crippen molar-refractivity contribution in [2.45, 2.75) is 26.6 Å². The Kier molecular flexibility index (Phi) is 3.52. The average molecular weight is 283 g/mol. The second-order valence-electron chi connectivity index (χ2n) is 5.29. The molecule has 0 bridgehead atoms. The fourth-order valence-corrected chi connectivity index (χ4v) is 2.49. The van der Waals surface area contributed by atoms with Gasteiger partial charge in [-0.25, -0.2) is 0 Å². The quantitative estimate of drug-likeness (QED) is 0.725. The van der Waals surface area contributed by atoms with Gasteiger partial charge in [0, 0.05) is 21.8 Å². The largest absolute Gasteiger partial charge is 0.491 e. The Labute approximate surface area is 122 Å². The molecule has 3 rings (SSSR count). The fourth-order valence-electron chi connectivity index (χ4n) is 2.49. The van der Waals surface area contributed by atoms with Crippen LogP contribution in [0.4, 0.5) is 0 Å². The van der Waals surface area contributed by atoms with Crippen LogP contribution < -0.4 is 4.74 Å². The van der Waals surface area contributed by atoms with Gasteiger partial charge in [0.15, 0.2) is 0 Å². The Hall–Kier alpha value is -2.49. The van der Waals surface area contributed by atoms with E-state index in [0.717, 1.165) is 33.1 Å². The van der Waals surface area contributed by atoms with Gasteiger partial charge >= 0.3 is 0 Å². The number of aromatic amines is 1. The van der Waals surface area contributed by atoms with Crippen molar-refractivity contribution in [3.8, 4) is 5.75 Å². The van der Waals surface area contributed by atoms with Gasteiger partial charge in [0.2, 0.25) is 0 Å². The monoisotopic (exact) mass is 283 g/mol. The molecule has 4 nitrogen and oxygen atoms in total. The van der Waals surface area contributed by atoms with Crippen molar-refractivity contribution in [3.05, 3.63) is 42.0 Å². The third-order valence-electron chi connectivity index (χ3n) is 3.32. The van der Waals surface area contributed by atoms with Gasteiger partial charge in [0.05, 0.1) is 6.10 Å². The third-order valence-corrected chi connectivity index (χ3v) is 3.32. The van der Waals surface area contributed by atoms with Crippen molar-refractivity contribution < 1.29 is 14.3 Å². The number of rotatable bonds is 5. The molecule has 0 aliphatic heterocycles. The van der Waals surface area contributed by atoms with Crippen LogP contribution in [0.1, 0.15) is 19.4 Å². The zero-order valence-electron chi connectivity index (χ0n) is 12.1. The van der Waals surface area contributed by atoms with Gasteiger partial charge in [-0.3, -0.25) is 4.79 Å². The first-order chi connectivity index (χ1) is 10.2. The number of carbonyl (C=O) groups is 1. The lowest BCUT2D eigenvalue weighted by molar-refractivity contribution is -0.129. The second-order valence-corrected chi connectivity index (χ2v) is 5.29. The molecular weight excluding hydrogens is 266 g/mol. The van der Waals surface area contributed by atoms with Crippen LogP contribution in [0.2, 0.25) is 0 Å². The number of H-pyrrole nitrogens is 1. The molecule has 3 aromatic rings. The highest BCUT2D eigenvalue weighted by atomic mass is 16.5. The molecule has 0 aliphatic carbocycles. The molecule has 0 amide bonds. The lowest BCUT2D eigenvalue weighted by atomic mass is 10.1. The molecule has 1 N–H and O–H groups in total. The molecule has 21 heavy (non-hydrogen) atoms. The Morgan fingerprint density at radius 3 is 2.52 bits per heavy atom. The van der Waals surface area contributed by atoms with Crippen LogP contribution >= 0.6 is 0 Å². The molecule has 0 spiro atoms. The van der Waals surface area contributed by atoms with Crippen molar-refractivity contribution >= 4 is 28.3 Å². The van der Waals surface area contributed by atoms with Gasteiger partial charge in [-0.2, -0.15) is 0 Å². The highest BCUT2D eigenvalue weighted by molar-refractivity contribution is 6.07. The summed E-state index contributed by atoms with van der Waals surface area (Å²) >= 11 is 0. The molecule has 0 unspecified atom stereocenters. The van der Waals surface area contributed by atoms with Crippen LogP contribution in [0, 0.1) is 0 Å². The van der Waals surface area contributed by atoms with E-state index in [9.17, 15) is 4.79 Å². The van der Waals surface area contributed by atoms with Gasteiger partial charge in [0.25, 0.3) is 6.47 Å². The van der Waals surface area contributed by atoms with Gasteiger partial charge < -0.3 is 14.5 Å². The Morgan fingerprint density at radius 1 is 1.10 bits per heavy atom. The first-order valence-corrected chi connectivity index (χ1v) is 6.93. The summed E-state index contributed by atoms with van der Waals surface area (Å²) in [5.41, 5.74) is 3.08. The number of ether oxygens (including phenoxy) is 2. The van der Waals surface area contributed by atoms with Gasteiger partial charge in [-0.1, -0.05) is 6.07 Å². The van der Waals surface area contributed by atoms with Crippen LogP contribution in [0.3, 0.4) is 0 Å². The zero-order chi connectivity index (χ0) is 14.8. The zero-order valence-corrected chi connectivity index (χ0v) is 12.1. The molecule has 1 heterocycles. The van der Waals surface area contributed by atoms with E-state index >= 15 is 0 Å². The fraction of sp³-hybridized carbons (Fsp3) is 0.235. The van der Waals surface area contributed by atoms with E-state index in [-0.39, 0.29) is 12.7 Å². The van der Waals surface area contributed by atoms with Crippen molar-refractivity contribution in [2.24, 2.45) is 0 Å². The van der Waals surface area contributed by atoms with Crippen LogP contribution in [0.25, 0.3) is 21.8 Å². The summed E-state index contributed by atoms with van der Waals surface area (Å²) in [6, 6.07) is 12.0. The molecule has 0 saturated carbocycles. The molecule has 0 radical (unpaired) electrons. The first kappa shape index (κ1) is 13.5. The summed E-state index contributed by atoms with van der Waals surface area (Å²) in [7, 11) is 0. The normalized spacial score (nSPS) is 11.2. The van der Waals surface area contributed by atoms with Crippen LogP contribution in [0.5, 0.6) is 5.75 Å². The molecule has 4 heteroatoms. The molecule has 0 atom stereocenters. The van der Waals surface area contributed by atoms with Gasteiger partial charge in [0.1, 0.15) is 12.4 Å². The summed E-state index contributed by atoms with van der Waals surface area (Å²) in [6.07, 6.45) is 0.143. The maximum absolute atomic E-state index is 10.3. The van der Waals surface area contributed by atoms with Crippen LogP contribution in [-0.4, -0.2) is 17.6 Å². The number of hydrogen-bond donors (Lipinski definition) is 1. The Balaban J connectivity index is 2.09. The molecule has 1 aromatic heterocycles. The summed E-state index contributed by atoms with van der Waals surface area (Å²) in [5.74, 6) is 0.855. The summed E-state index contributed by atoms with van der Waals surface area (Å²) in [5, 5.41) is 2.21. The van der Waals surface area contributed by atoms with E-state index in [1.807, 2.05) is 50.2 Å². The molecule has 0 fully saturated rings. The maximum atomic E-state index is 10.3. The van der Waals surface area contributed by atoms with E-state index in [1.165, 1.54) is 0 Å². The third kappa shape index (κ3) is 2.70. The minimum absolute atomic E-state index is 0.143. The Bertz CT molecular complexity index is 789. The maximum Gasteiger partial charge on any atom is 0.293 e. The number of fused-ring (bicyclic) bond motifs is 3. The standard InChI is InChI=1S/C17H17NO3/c1-11(2)21-13-4-6-17-15(8-13)14-7-12(9-20-10-19)3-5-16(14)18-17/h3-8,10-11,18H,9H2,1-2H3. The predicted molar refractivity (Wildman–Crippen MR) is 82.4 cm³/mol. The predicted octanol–water partition coefficient (Wildman–Crippen LogP) is 3.78. The number of carbonyl (C=O) groups excluding carboxylic acids is 1. The minimum atomic E-state index is 0.143. The van der Waals surface area contributed by atoms with E-state index in [0.29, 0.717) is 6.47 Å². The Morgan fingerprint density at radius 2 is 1.81 bits per heavy atom. The minimum Gasteiger partial charge on any atom is -0.491 e. The lowest BCUT2D eigenvalue weighted by Gasteiger charge is -2.09. The van der Waals surface area contributed by atoms with Crippen LogP contribution in [0.15, 0.2) is 36.4 Å². The van der Waals surface area contributed by atoms with Crippen molar-refractivity contribution in [1.82, 2.24) is 4.98 Å². The van der Waals surface area contributed by atoms with E-state index in [4.69, 9.17) is 9.47 Å². The summed E-state index contributed by atoms with van der Waals surface area (Å²) < 4.78 is 10.6. The average Bonchev–Trinajstić information content (AvgIpc) is 2.82. The van der Waals surface area contributed by atoms with Crippen molar-refractivity contribution in [3.63, 3.8) is 0 Å². The summed E-state index contributed by atoms with van der Waals surface area (Å²) in [6.45, 7) is 4.77. The SMILES string of the molecule is CC(C)Oc1ccc2[nH]c3ccc(COC=O)cc3c2c1. The molecule has 2 aromatic carbocycles. The smallest absolute Gasteiger partial charge is 0.293 e. The number of hydrogen-bond acceptors (Lipinski definition) is 3. The van der Waals surface area contributed by atoms with Gasteiger partial charge in [-0.15, -0.1) is 0 Å². The van der Waals surface area contributed by atoms with Crippen molar-refractivity contribution in [1.29, 1.82) is 0 Å². The molecule has 108 valence electrons. The molecule has 0 saturated heterocycles. The molecular formula is C17H17NO3. The topological polar surface area (TPSA) is 51.3 Å². The number of nitrogens with one attached hydrogen (secondary N) is 1. The molecule has 0 aliphatic rings. The highest BCUT2D eigenvalue weighted by Gasteiger charge is 2.07. The van der Waals surface area contributed by atoms with Crippen LogP contribution in [-0.2, 0) is 16.1 Å². The second kappa shape index (κ2) is 5.48. The number of benzene rings is 2. The van der Waals surface area contributed by atoms with E-state index in [2.05, 4.69) is 4.98 Å². The first-order valence-electron chi connectivity index (χ1n) is 6.93. The summed E-state index contributed by atoms with van der Waals surface area (Å²) in [4.78, 5) is 13.7. The lowest BCUT2D eigenvalue weighted by Crippen LogP contribution is -2.05. The van der Waals surface area contributed by atoms with E-state index in [1.54, 1.807) is 0 Å². The number of aromatic nitrogens is 1.